The van der Waals surface area contributed by atoms with Crippen LogP contribution in [0.5, 0.6) is 11.5 Å². The van der Waals surface area contributed by atoms with Gasteiger partial charge in [0.05, 0.1) is 35.5 Å². The molecule has 2 aliphatic heterocycles. The Hall–Kier alpha value is -4.57. The van der Waals surface area contributed by atoms with E-state index in [2.05, 4.69) is 23.9 Å². The van der Waals surface area contributed by atoms with Crippen molar-refractivity contribution in [1.82, 2.24) is 24.9 Å². The first-order chi connectivity index (χ1) is 27.9. The molecule has 1 unspecified atom stereocenters. The second-order valence-electron chi connectivity index (χ2n) is 17.7. The normalized spacial score (nSPS) is 25.4. The Kier molecular flexibility index (Phi) is 11.9. The first-order valence-corrected chi connectivity index (χ1v) is 23.0. The van der Waals surface area contributed by atoms with Crippen LogP contribution in [0.1, 0.15) is 110 Å². The molecule has 59 heavy (non-hydrogen) atoms. The van der Waals surface area contributed by atoms with Crippen LogP contribution in [0.2, 0.25) is 0 Å². The van der Waals surface area contributed by atoms with Crippen LogP contribution >= 0.6 is 11.3 Å². The molecule has 3 fully saturated rings. The summed E-state index contributed by atoms with van der Waals surface area (Å²) in [5.41, 5.74) is 0.583. The van der Waals surface area contributed by atoms with Gasteiger partial charge in [0, 0.05) is 34.7 Å². The fourth-order valence-corrected chi connectivity index (χ4v) is 10.1. The third-order valence-corrected chi connectivity index (χ3v) is 14.4. The lowest BCUT2D eigenvalue weighted by Crippen LogP contribution is -2.57. The van der Waals surface area contributed by atoms with Crippen LogP contribution in [0.4, 0.5) is 0 Å². The molecule has 1 saturated heterocycles. The number of nitrogens with one attached hydrogen (secondary N) is 2. The summed E-state index contributed by atoms with van der Waals surface area (Å²) < 4.78 is 46.5. The molecule has 2 saturated carbocycles. The largest absolute Gasteiger partial charge is 0.496 e. The van der Waals surface area contributed by atoms with Crippen molar-refractivity contribution in [3.63, 3.8) is 0 Å². The van der Waals surface area contributed by atoms with Crippen LogP contribution in [0, 0.1) is 18.3 Å². The van der Waals surface area contributed by atoms with Gasteiger partial charge >= 0.3 is 5.97 Å². The van der Waals surface area contributed by atoms with Crippen molar-refractivity contribution in [3.05, 3.63) is 47.0 Å². The highest BCUT2D eigenvalue weighted by Crippen LogP contribution is 2.46. The Morgan fingerprint density at radius 1 is 1.07 bits per heavy atom. The fraction of sp³-hybridized carbons (Fsp3) is 0.581. The first kappa shape index (κ1) is 42.6. The van der Waals surface area contributed by atoms with Crippen molar-refractivity contribution in [2.45, 2.75) is 134 Å². The molecular formula is C43H55N5O9S2. The third-order valence-electron chi connectivity index (χ3n) is 11.6. The summed E-state index contributed by atoms with van der Waals surface area (Å²) in [6.45, 7) is 11.2. The number of esters is 1. The summed E-state index contributed by atoms with van der Waals surface area (Å²) in [6.07, 6.45) is 6.23. The zero-order valence-electron chi connectivity index (χ0n) is 34.8. The van der Waals surface area contributed by atoms with Crippen LogP contribution in [-0.2, 0) is 33.9 Å². The molecular weight excluding hydrogens is 795 g/mol. The number of thiazole rings is 1. The number of methoxy groups -OCH3 is 1. The van der Waals surface area contributed by atoms with Gasteiger partial charge in [0.15, 0.2) is 6.10 Å². The highest BCUT2D eigenvalue weighted by atomic mass is 32.2. The van der Waals surface area contributed by atoms with Gasteiger partial charge in [-0.1, -0.05) is 32.4 Å². The molecule has 2 aromatic heterocycles. The highest BCUT2D eigenvalue weighted by Gasteiger charge is 2.62. The average molecular weight is 850 g/mol. The number of aromatic nitrogens is 2. The Labute approximate surface area is 349 Å². The lowest BCUT2D eigenvalue weighted by Gasteiger charge is -2.30. The van der Waals surface area contributed by atoms with Crippen molar-refractivity contribution in [2.24, 2.45) is 11.3 Å². The topological polar surface area (TPSA) is 183 Å². The maximum atomic E-state index is 14.7. The predicted molar refractivity (Wildman–Crippen MR) is 223 cm³/mol. The van der Waals surface area contributed by atoms with Crippen LogP contribution in [0.15, 0.2) is 35.7 Å². The van der Waals surface area contributed by atoms with Crippen LogP contribution < -0.4 is 19.5 Å². The Morgan fingerprint density at radius 3 is 2.51 bits per heavy atom. The Bertz CT molecular complexity index is 2280. The summed E-state index contributed by atoms with van der Waals surface area (Å²) in [6, 6.07) is 4.39. The summed E-state index contributed by atoms with van der Waals surface area (Å²) in [5, 5.41) is 5.69. The molecule has 0 spiro atoms. The van der Waals surface area contributed by atoms with Gasteiger partial charge in [0.1, 0.15) is 39.9 Å². The van der Waals surface area contributed by atoms with Crippen molar-refractivity contribution in [3.8, 4) is 22.2 Å². The summed E-state index contributed by atoms with van der Waals surface area (Å²) in [7, 11) is -2.31. The zero-order valence-corrected chi connectivity index (χ0v) is 36.5. The highest BCUT2D eigenvalue weighted by molar-refractivity contribution is 7.91. The predicted octanol–water partition coefficient (Wildman–Crippen LogP) is 6.11. The second kappa shape index (κ2) is 16.5. The van der Waals surface area contributed by atoms with Crippen molar-refractivity contribution >= 4 is 56.0 Å². The average Bonchev–Trinajstić information content (AvgIpc) is 4.05. The van der Waals surface area contributed by atoms with Gasteiger partial charge < -0.3 is 24.4 Å². The van der Waals surface area contributed by atoms with Crippen molar-refractivity contribution in [2.75, 3.05) is 13.7 Å². The van der Waals surface area contributed by atoms with Crippen molar-refractivity contribution in [1.29, 1.82) is 0 Å². The smallest absolute Gasteiger partial charge is 0.312 e. The van der Waals surface area contributed by atoms with Gasteiger partial charge in [-0.15, -0.1) is 11.3 Å². The number of allylic oxidation sites excluding steroid dienone is 1. The van der Waals surface area contributed by atoms with Gasteiger partial charge in [0.2, 0.25) is 15.9 Å². The number of fused-ring (bicyclic) bond motifs is 3. The van der Waals surface area contributed by atoms with Gasteiger partial charge in [-0.05, 0) is 90.7 Å². The minimum absolute atomic E-state index is 0.0257. The monoisotopic (exact) mass is 849 g/mol. The number of hydrogen-bond acceptors (Lipinski definition) is 12. The molecule has 4 heterocycles. The Morgan fingerprint density at radius 2 is 1.83 bits per heavy atom. The SMILES string of the molecule is COc1ccc2c(O[C@@H]3C[C@H]4C(=O)N[C@]5(C(=O)NS(=O)(=O)C6CC6)C[C@H]5C=CCCCCCC(OC(=O)C(C)(C)C)C(=O)N4C3)cc(-c3nc(C(C)C)cs3)nc2c1C. The number of pyridine rings is 1. The van der Waals surface area contributed by atoms with E-state index in [1.165, 1.54) is 16.2 Å². The number of rotatable bonds is 9. The van der Waals surface area contributed by atoms with Crippen molar-refractivity contribution < 1.29 is 41.8 Å². The molecule has 0 bridgehead atoms. The minimum Gasteiger partial charge on any atom is -0.496 e. The quantitative estimate of drug-likeness (QED) is 0.187. The van der Waals surface area contributed by atoms with E-state index >= 15 is 0 Å². The zero-order chi connectivity index (χ0) is 42.4. The van der Waals surface area contributed by atoms with Gasteiger partial charge in [0.25, 0.3) is 11.8 Å². The summed E-state index contributed by atoms with van der Waals surface area (Å²) in [4.78, 5) is 67.6. The number of aryl methyl sites for hydroxylation is 1. The molecule has 2 aliphatic carbocycles. The third kappa shape index (κ3) is 8.98. The van der Waals surface area contributed by atoms with E-state index in [1.54, 1.807) is 27.9 Å². The standard InChI is InChI=1S/C43H55N5O9S2/c1-24(2)31-23-58-38(45-31)30-20-35(29-17-18-33(55-7)25(3)36(29)44-30)56-27-19-32-37(49)46-43(40(51)47-59(53,54)28-15-16-28)21-26(43)13-11-9-8-10-12-14-34(39(50)48(32)22-27)57-41(52)42(4,5)6/h11,13,17-18,20,23-24,26-28,32,34H,8-10,12,14-16,19,21-22H2,1-7H3,(H,46,49)(H,47,51)/t26-,27-,32+,34?,43-/m1/s1. The van der Waals surface area contributed by atoms with E-state index in [0.717, 1.165) is 24.1 Å². The van der Waals surface area contributed by atoms with Gasteiger partial charge in [-0.25, -0.2) is 18.4 Å². The molecule has 5 atom stereocenters. The number of sulfonamides is 1. The van der Waals surface area contributed by atoms with E-state index in [1.807, 2.05) is 42.7 Å². The summed E-state index contributed by atoms with van der Waals surface area (Å²) >= 11 is 1.48. The van der Waals surface area contributed by atoms with E-state index in [-0.39, 0.29) is 31.7 Å². The molecule has 1 aromatic carbocycles. The second-order valence-corrected chi connectivity index (χ2v) is 20.5. The minimum atomic E-state index is -3.91. The Balaban J connectivity index is 1.25. The van der Waals surface area contributed by atoms with Crippen LogP contribution in [0.25, 0.3) is 21.6 Å². The lowest BCUT2D eigenvalue weighted by atomic mass is 9.97. The molecule has 3 aromatic rings. The number of benzene rings is 1. The van der Waals surface area contributed by atoms with Crippen LogP contribution in [0.3, 0.4) is 0 Å². The number of carbonyl (C=O) groups excluding carboxylic acids is 4. The lowest BCUT2D eigenvalue weighted by molar-refractivity contribution is -0.168. The fourth-order valence-electron chi connectivity index (χ4n) is 7.75. The van der Waals surface area contributed by atoms with E-state index in [4.69, 9.17) is 24.2 Å². The number of nitrogens with zero attached hydrogens (tertiary/aromatic N) is 3. The maximum absolute atomic E-state index is 14.7. The summed E-state index contributed by atoms with van der Waals surface area (Å²) in [5.74, 6) is -1.59. The number of amides is 3. The molecule has 318 valence electrons. The number of ether oxygens (including phenoxy) is 3. The van der Waals surface area contributed by atoms with Crippen LogP contribution in [-0.4, -0.2) is 89.7 Å². The van der Waals surface area contributed by atoms with Gasteiger partial charge in [-0.3, -0.25) is 23.9 Å². The first-order valence-electron chi connectivity index (χ1n) is 20.6. The molecule has 14 nitrogen and oxygen atoms in total. The molecule has 4 aliphatic rings. The number of carbonyl (C=O) groups is 4. The van der Waals surface area contributed by atoms with E-state index < -0.39 is 74.1 Å². The molecule has 3 amide bonds. The van der Waals surface area contributed by atoms with E-state index in [0.29, 0.717) is 58.8 Å². The van der Waals surface area contributed by atoms with E-state index in [9.17, 15) is 27.6 Å². The molecule has 16 heteroatoms. The van der Waals surface area contributed by atoms with Gasteiger partial charge in [-0.2, -0.15) is 0 Å². The molecule has 7 rings (SSSR count). The number of hydrogen-bond donors (Lipinski definition) is 2. The molecule has 0 radical (unpaired) electrons. The molecule has 2 N–H and O–H groups in total. The maximum Gasteiger partial charge on any atom is 0.312 e.